The van der Waals surface area contributed by atoms with E-state index in [0.717, 1.165) is 12.8 Å². The molecule has 0 saturated heterocycles. The van der Waals surface area contributed by atoms with E-state index in [1.165, 1.54) is 17.7 Å². The molecule has 1 heterocycles. The van der Waals surface area contributed by atoms with Crippen LogP contribution in [0.5, 0.6) is 0 Å². The SMILES string of the molecule is Cn1ccnc1[C@H](NC(=O)NCC1(c2ccccc2)CC1)c1cccc(F)c1. The molecule has 2 N–H and O–H groups in total. The minimum Gasteiger partial charge on any atom is -0.337 e. The van der Waals surface area contributed by atoms with Gasteiger partial charge in [0.05, 0.1) is 0 Å². The number of rotatable bonds is 6. The Morgan fingerprint density at radius 2 is 2.00 bits per heavy atom. The first-order valence-electron chi connectivity index (χ1n) is 9.40. The number of imidazole rings is 1. The van der Waals surface area contributed by atoms with E-state index < -0.39 is 6.04 Å². The minimum atomic E-state index is -0.539. The van der Waals surface area contributed by atoms with E-state index in [-0.39, 0.29) is 17.3 Å². The summed E-state index contributed by atoms with van der Waals surface area (Å²) in [6.07, 6.45) is 5.58. The predicted molar refractivity (Wildman–Crippen MR) is 105 cm³/mol. The van der Waals surface area contributed by atoms with E-state index in [4.69, 9.17) is 0 Å². The van der Waals surface area contributed by atoms with E-state index in [0.29, 0.717) is 17.9 Å². The Morgan fingerprint density at radius 1 is 1.21 bits per heavy atom. The van der Waals surface area contributed by atoms with Crippen LogP contribution in [-0.4, -0.2) is 22.1 Å². The highest BCUT2D eigenvalue weighted by atomic mass is 19.1. The van der Waals surface area contributed by atoms with E-state index in [9.17, 15) is 9.18 Å². The summed E-state index contributed by atoms with van der Waals surface area (Å²) < 4.78 is 15.6. The second kappa shape index (κ2) is 7.46. The maximum absolute atomic E-state index is 13.8. The topological polar surface area (TPSA) is 59.0 Å². The van der Waals surface area contributed by atoms with Crippen LogP contribution in [0.2, 0.25) is 0 Å². The van der Waals surface area contributed by atoms with Crippen molar-refractivity contribution in [3.8, 4) is 0 Å². The molecule has 0 radical (unpaired) electrons. The summed E-state index contributed by atoms with van der Waals surface area (Å²) in [5.74, 6) is 0.296. The van der Waals surface area contributed by atoms with Crippen molar-refractivity contribution < 1.29 is 9.18 Å². The molecule has 2 amide bonds. The summed E-state index contributed by atoms with van der Waals surface area (Å²) in [4.78, 5) is 17.0. The van der Waals surface area contributed by atoms with Crippen LogP contribution < -0.4 is 10.6 Å². The quantitative estimate of drug-likeness (QED) is 0.687. The molecule has 5 nitrogen and oxygen atoms in total. The third-order valence-electron chi connectivity index (χ3n) is 5.40. The second-order valence-corrected chi connectivity index (χ2v) is 7.36. The molecule has 0 spiro atoms. The largest absolute Gasteiger partial charge is 0.337 e. The summed E-state index contributed by atoms with van der Waals surface area (Å²) in [6.45, 7) is 0.569. The number of hydrogen-bond donors (Lipinski definition) is 2. The minimum absolute atomic E-state index is 0.0240. The Morgan fingerprint density at radius 3 is 2.64 bits per heavy atom. The van der Waals surface area contributed by atoms with Crippen LogP contribution in [0.15, 0.2) is 67.0 Å². The summed E-state index contributed by atoms with van der Waals surface area (Å²) in [5, 5.41) is 5.95. The first kappa shape index (κ1) is 18.2. The molecule has 0 aliphatic heterocycles. The molecule has 144 valence electrons. The monoisotopic (exact) mass is 378 g/mol. The number of aromatic nitrogens is 2. The molecule has 0 bridgehead atoms. The lowest BCUT2D eigenvalue weighted by atomic mass is 9.96. The molecule has 4 rings (SSSR count). The standard InChI is InChI=1S/C22H23FN4O/c1-27-13-12-24-20(27)19(16-6-5-9-18(23)14-16)26-21(28)25-15-22(10-11-22)17-7-3-2-4-8-17/h2-9,12-14,19H,10-11,15H2,1H3,(H2,25,26,28)/t19-/m1/s1. The molecule has 1 aliphatic rings. The van der Waals surface area contributed by atoms with Gasteiger partial charge in [-0.05, 0) is 36.1 Å². The number of aryl methyl sites for hydroxylation is 1. The van der Waals surface area contributed by atoms with Crippen LogP contribution in [0, 0.1) is 5.82 Å². The maximum Gasteiger partial charge on any atom is 0.315 e. The number of carbonyl (C=O) groups excluding carboxylic acids is 1. The average Bonchev–Trinajstić information content (AvgIpc) is 3.39. The van der Waals surface area contributed by atoms with E-state index in [2.05, 4.69) is 27.8 Å². The van der Waals surface area contributed by atoms with Gasteiger partial charge >= 0.3 is 6.03 Å². The van der Waals surface area contributed by atoms with Crippen LogP contribution in [0.25, 0.3) is 0 Å². The Hall–Kier alpha value is -3.15. The first-order valence-corrected chi connectivity index (χ1v) is 9.40. The highest BCUT2D eigenvalue weighted by Gasteiger charge is 2.44. The number of nitrogens with zero attached hydrogens (tertiary/aromatic N) is 2. The molecule has 1 aromatic heterocycles. The van der Waals surface area contributed by atoms with Gasteiger partial charge in [0.2, 0.25) is 0 Å². The van der Waals surface area contributed by atoms with E-state index in [1.54, 1.807) is 24.5 Å². The van der Waals surface area contributed by atoms with Gasteiger partial charge in [-0.25, -0.2) is 14.2 Å². The predicted octanol–water partition coefficient (Wildman–Crippen LogP) is 3.68. The van der Waals surface area contributed by atoms with Crippen molar-refractivity contribution in [3.05, 3.63) is 89.8 Å². The van der Waals surface area contributed by atoms with Crippen molar-refractivity contribution in [2.75, 3.05) is 6.54 Å². The third kappa shape index (κ3) is 3.76. The fourth-order valence-corrected chi connectivity index (χ4v) is 3.58. The van der Waals surface area contributed by atoms with E-state index >= 15 is 0 Å². The van der Waals surface area contributed by atoms with E-state index in [1.807, 2.05) is 29.8 Å². The smallest absolute Gasteiger partial charge is 0.315 e. The molecular formula is C22H23FN4O. The van der Waals surface area contributed by atoms with Crippen LogP contribution in [0.3, 0.4) is 0 Å². The number of carbonyl (C=O) groups is 1. The molecule has 2 aromatic carbocycles. The molecule has 1 saturated carbocycles. The molecule has 0 unspecified atom stereocenters. The number of nitrogens with one attached hydrogen (secondary N) is 2. The lowest BCUT2D eigenvalue weighted by Crippen LogP contribution is -2.42. The van der Waals surface area contributed by atoms with Gasteiger partial charge in [-0.3, -0.25) is 0 Å². The van der Waals surface area contributed by atoms with Gasteiger partial charge in [0.25, 0.3) is 0 Å². The average molecular weight is 378 g/mol. The Bertz CT molecular complexity index is 965. The second-order valence-electron chi connectivity index (χ2n) is 7.36. The molecule has 3 aromatic rings. The Labute approximate surface area is 163 Å². The molecule has 1 atom stereocenters. The van der Waals surface area contributed by atoms with Gasteiger partial charge in [0.15, 0.2) is 0 Å². The highest BCUT2D eigenvalue weighted by Crippen LogP contribution is 2.47. The summed E-state index contributed by atoms with van der Waals surface area (Å²) in [5.41, 5.74) is 1.92. The molecule has 6 heteroatoms. The van der Waals surface area contributed by atoms with Gasteiger partial charge in [-0.1, -0.05) is 42.5 Å². The fraction of sp³-hybridized carbons (Fsp3) is 0.273. The van der Waals surface area contributed by atoms with Crippen LogP contribution in [0.4, 0.5) is 9.18 Å². The van der Waals surface area contributed by atoms with Gasteiger partial charge in [0, 0.05) is 31.4 Å². The van der Waals surface area contributed by atoms with Gasteiger partial charge in [0.1, 0.15) is 17.7 Å². The van der Waals surface area contributed by atoms with Crippen LogP contribution in [-0.2, 0) is 12.5 Å². The lowest BCUT2D eigenvalue weighted by Gasteiger charge is -2.21. The fourth-order valence-electron chi connectivity index (χ4n) is 3.58. The van der Waals surface area contributed by atoms with Crippen LogP contribution >= 0.6 is 0 Å². The van der Waals surface area contributed by atoms with Crippen molar-refractivity contribution in [1.82, 2.24) is 20.2 Å². The summed E-state index contributed by atoms with van der Waals surface area (Å²) in [6, 6.07) is 15.7. The summed E-state index contributed by atoms with van der Waals surface area (Å²) in [7, 11) is 1.85. The van der Waals surface area contributed by atoms with Crippen molar-refractivity contribution in [2.24, 2.45) is 7.05 Å². The molecule has 1 fully saturated rings. The molecule has 28 heavy (non-hydrogen) atoms. The zero-order chi connectivity index (χ0) is 19.6. The van der Waals surface area contributed by atoms with Crippen molar-refractivity contribution >= 4 is 6.03 Å². The lowest BCUT2D eigenvalue weighted by molar-refractivity contribution is 0.237. The van der Waals surface area contributed by atoms with Gasteiger partial charge in [-0.15, -0.1) is 0 Å². The number of amides is 2. The zero-order valence-corrected chi connectivity index (χ0v) is 15.7. The van der Waals surface area contributed by atoms with Gasteiger partial charge < -0.3 is 15.2 Å². The summed E-state index contributed by atoms with van der Waals surface area (Å²) >= 11 is 0. The number of hydrogen-bond acceptors (Lipinski definition) is 2. The van der Waals surface area contributed by atoms with Crippen LogP contribution in [0.1, 0.15) is 35.8 Å². The van der Waals surface area contributed by atoms with Crippen molar-refractivity contribution in [3.63, 3.8) is 0 Å². The highest BCUT2D eigenvalue weighted by molar-refractivity contribution is 5.75. The van der Waals surface area contributed by atoms with Crippen molar-refractivity contribution in [1.29, 1.82) is 0 Å². The third-order valence-corrected chi connectivity index (χ3v) is 5.40. The maximum atomic E-state index is 13.8. The normalized spacial score (nSPS) is 15.6. The Balaban J connectivity index is 1.48. The first-order chi connectivity index (χ1) is 13.6. The van der Waals surface area contributed by atoms with Crippen molar-refractivity contribution in [2.45, 2.75) is 24.3 Å². The number of urea groups is 1. The zero-order valence-electron chi connectivity index (χ0n) is 15.7. The molecular weight excluding hydrogens is 355 g/mol. The number of halogens is 1. The number of benzene rings is 2. The van der Waals surface area contributed by atoms with Gasteiger partial charge in [-0.2, -0.15) is 0 Å². The Kier molecular flexibility index (Phi) is 4.86. The molecule has 1 aliphatic carbocycles.